The molecule has 1 aliphatic heterocycles. The van der Waals surface area contributed by atoms with Gasteiger partial charge < -0.3 is 9.47 Å². The molecule has 0 saturated carbocycles. The number of allylic oxidation sites excluding steroid dienone is 1. The molecule has 1 unspecified atom stereocenters. The van der Waals surface area contributed by atoms with E-state index in [-0.39, 0.29) is 18.3 Å². The van der Waals surface area contributed by atoms with Crippen LogP contribution in [-0.2, 0) is 10.9 Å². The van der Waals surface area contributed by atoms with Crippen LogP contribution in [0.3, 0.4) is 0 Å². The molecular weight excluding hydrogens is 498 g/mol. The Morgan fingerprint density at radius 1 is 1.13 bits per heavy atom. The highest BCUT2D eigenvalue weighted by molar-refractivity contribution is 5.77. The molecule has 0 radical (unpaired) electrons. The second kappa shape index (κ2) is 10.6. The van der Waals surface area contributed by atoms with Gasteiger partial charge in [0.15, 0.2) is 0 Å². The second-order valence-corrected chi connectivity index (χ2v) is 11.0. The summed E-state index contributed by atoms with van der Waals surface area (Å²) in [6, 6.07) is 6.59. The van der Waals surface area contributed by atoms with Gasteiger partial charge in [-0.15, -0.1) is 0 Å². The largest absolute Gasteiger partial charge is 0.496 e. The zero-order valence-electron chi connectivity index (χ0n) is 22.7. The number of hydrogen-bond acceptors (Lipinski definition) is 3. The third kappa shape index (κ3) is 5.54. The Balaban J connectivity index is 1.71. The SMILES string of the molecule is COc1cc(F)c(C(C)C)cc1C1=C(CN2C(=O)O[C@H](c3cc(C)cc(C(F)(F)F)c3)[C@@H]2C)CC(C)CC1. The van der Waals surface area contributed by atoms with Crippen LogP contribution in [0.5, 0.6) is 5.75 Å². The number of aryl methyl sites for hydroxylation is 1. The number of carbonyl (C=O) groups excluding carboxylic acids is 1. The van der Waals surface area contributed by atoms with Crippen molar-refractivity contribution in [3.05, 3.63) is 69.5 Å². The highest BCUT2D eigenvalue weighted by Crippen LogP contribution is 2.43. The van der Waals surface area contributed by atoms with Gasteiger partial charge in [0.25, 0.3) is 0 Å². The first-order valence-electron chi connectivity index (χ1n) is 13.0. The quantitative estimate of drug-likeness (QED) is 0.350. The lowest BCUT2D eigenvalue weighted by atomic mass is 9.80. The smallest absolute Gasteiger partial charge is 0.416 e. The number of carbonyl (C=O) groups is 1. The number of methoxy groups -OCH3 is 1. The van der Waals surface area contributed by atoms with Crippen LogP contribution in [0.1, 0.15) is 86.8 Å². The summed E-state index contributed by atoms with van der Waals surface area (Å²) in [5, 5.41) is 0. The van der Waals surface area contributed by atoms with Crippen LogP contribution in [0.2, 0.25) is 0 Å². The Hall–Kier alpha value is -3.03. The van der Waals surface area contributed by atoms with Gasteiger partial charge in [-0.05, 0) is 85.4 Å². The Morgan fingerprint density at radius 3 is 2.47 bits per heavy atom. The number of halogens is 4. The van der Waals surface area contributed by atoms with E-state index in [2.05, 4.69) is 6.92 Å². The van der Waals surface area contributed by atoms with E-state index in [1.54, 1.807) is 24.8 Å². The predicted octanol–water partition coefficient (Wildman–Crippen LogP) is 8.44. The second-order valence-electron chi connectivity index (χ2n) is 11.0. The van der Waals surface area contributed by atoms with Crippen LogP contribution in [0.4, 0.5) is 22.4 Å². The van der Waals surface area contributed by atoms with Crippen molar-refractivity contribution in [3.8, 4) is 5.75 Å². The lowest BCUT2D eigenvalue weighted by Gasteiger charge is -2.30. The maximum Gasteiger partial charge on any atom is 0.416 e. The van der Waals surface area contributed by atoms with E-state index in [1.165, 1.54) is 13.2 Å². The first kappa shape index (κ1) is 28.0. The summed E-state index contributed by atoms with van der Waals surface area (Å²) in [7, 11) is 1.51. The van der Waals surface area contributed by atoms with Crippen molar-refractivity contribution in [3.63, 3.8) is 0 Å². The molecule has 0 spiro atoms. The van der Waals surface area contributed by atoms with E-state index >= 15 is 0 Å². The average Bonchev–Trinajstić information content (AvgIpc) is 3.11. The fourth-order valence-corrected chi connectivity index (χ4v) is 5.62. The molecule has 2 aromatic rings. The minimum absolute atomic E-state index is 0.0171. The number of rotatable bonds is 6. The molecule has 1 aliphatic carbocycles. The molecular formula is C30H35F4NO3. The van der Waals surface area contributed by atoms with E-state index in [9.17, 15) is 22.4 Å². The Morgan fingerprint density at radius 2 is 1.84 bits per heavy atom. The molecule has 206 valence electrons. The minimum atomic E-state index is -4.49. The molecule has 4 nitrogen and oxygen atoms in total. The van der Waals surface area contributed by atoms with Crippen LogP contribution in [0, 0.1) is 18.7 Å². The fraction of sp³-hybridized carbons (Fsp3) is 0.500. The zero-order chi connectivity index (χ0) is 27.9. The summed E-state index contributed by atoms with van der Waals surface area (Å²) < 4.78 is 66.2. The summed E-state index contributed by atoms with van der Waals surface area (Å²) in [4.78, 5) is 14.6. The third-order valence-electron chi connectivity index (χ3n) is 7.68. The van der Waals surface area contributed by atoms with Crippen LogP contribution in [0.15, 0.2) is 35.9 Å². The van der Waals surface area contributed by atoms with Crippen molar-refractivity contribution in [1.29, 1.82) is 0 Å². The number of hydrogen-bond donors (Lipinski definition) is 0. The molecule has 0 N–H and O–H groups in total. The monoisotopic (exact) mass is 533 g/mol. The van der Waals surface area contributed by atoms with Crippen molar-refractivity contribution in [2.24, 2.45) is 5.92 Å². The number of cyclic esters (lactones) is 1. The first-order valence-corrected chi connectivity index (χ1v) is 13.0. The van der Waals surface area contributed by atoms with E-state index < -0.39 is 30.0 Å². The number of ether oxygens (including phenoxy) is 2. The van der Waals surface area contributed by atoms with Gasteiger partial charge in [0.2, 0.25) is 0 Å². The molecule has 0 aromatic heterocycles. The molecule has 1 amide bonds. The molecule has 2 aliphatic rings. The van der Waals surface area contributed by atoms with Gasteiger partial charge in [0.1, 0.15) is 17.7 Å². The summed E-state index contributed by atoms with van der Waals surface area (Å²) in [6.07, 6.45) is -3.42. The van der Waals surface area contributed by atoms with Gasteiger partial charge in [0.05, 0.1) is 18.7 Å². The first-order chi connectivity index (χ1) is 17.8. The Kier molecular flexibility index (Phi) is 7.82. The standard InChI is InChI=1S/C30H35F4NO3/c1-16(2)24-13-25(27(37-6)14-26(24)31)23-8-7-17(3)9-21(23)15-35-19(5)28(38-29(35)36)20-10-18(4)11-22(12-20)30(32,33)34/h10-14,16-17,19,28H,7-9,15H2,1-6H3/t17?,19-,28-/m0/s1. The van der Waals surface area contributed by atoms with Crippen molar-refractivity contribution in [2.75, 3.05) is 13.7 Å². The Labute approximate surface area is 221 Å². The molecule has 1 saturated heterocycles. The number of amides is 1. The number of nitrogens with zero attached hydrogens (tertiary/aromatic N) is 1. The average molecular weight is 534 g/mol. The third-order valence-corrected chi connectivity index (χ3v) is 7.68. The molecule has 2 aromatic carbocycles. The molecule has 38 heavy (non-hydrogen) atoms. The molecule has 8 heteroatoms. The van der Waals surface area contributed by atoms with Crippen LogP contribution >= 0.6 is 0 Å². The molecule has 1 heterocycles. The van der Waals surface area contributed by atoms with Crippen LogP contribution in [-0.4, -0.2) is 30.7 Å². The maximum atomic E-state index is 14.7. The van der Waals surface area contributed by atoms with E-state index in [0.717, 1.165) is 48.1 Å². The molecule has 3 atom stereocenters. The zero-order valence-corrected chi connectivity index (χ0v) is 22.7. The fourth-order valence-electron chi connectivity index (χ4n) is 5.62. The van der Waals surface area contributed by atoms with E-state index in [0.29, 0.717) is 28.4 Å². The van der Waals surface area contributed by atoms with Gasteiger partial charge in [0, 0.05) is 18.2 Å². The number of benzene rings is 2. The van der Waals surface area contributed by atoms with Gasteiger partial charge in [-0.2, -0.15) is 13.2 Å². The Bertz CT molecular complexity index is 1250. The van der Waals surface area contributed by atoms with Gasteiger partial charge >= 0.3 is 12.3 Å². The van der Waals surface area contributed by atoms with Crippen LogP contribution in [0.25, 0.3) is 5.57 Å². The normalized spacial score (nSPS) is 22.3. The minimum Gasteiger partial charge on any atom is -0.496 e. The summed E-state index contributed by atoms with van der Waals surface area (Å²) >= 11 is 0. The van der Waals surface area contributed by atoms with Crippen molar-refractivity contribution in [2.45, 2.75) is 78.1 Å². The lowest BCUT2D eigenvalue weighted by Crippen LogP contribution is -2.35. The van der Waals surface area contributed by atoms with Crippen molar-refractivity contribution in [1.82, 2.24) is 4.90 Å². The van der Waals surface area contributed by atoms with Gasteiger partial charge in [-0.3, -0.25) is 4.90 Å². The van der Waals surface area contributed by atoms with Crippen molar-refractivity contribution >= 4 is 11.7 Å². The van der Waals surface area contributed by atoms with Crippen LogP contribution < -0.4 is 4.74 Å². The van der Waals surface area contributed by atoms with Gasteiger partial charge in [-0.1, -0.05) is 32.4 Å². The van der Waals surface area contributed by atoms with E-state index in [1.807, 2.05) is 19.9 Å². The molecule has 0 bridgehead atoms. The molecule has 1 fully saturated rings. The lowest BCUT2D eigenvalue weighted by molar-refractivity contribution is -0.137. The van der Waals surface area contributed by atoms with Crippen molar-refractivity contribution < 1.29 is 31.8 Å². The maximum absolute atomic E-state index is 14.7. The topological polar surface area (TPSA) is 38.8 Å². The highest BCUT2D eigenvalue weighted by Gasteiger charge is 2.42. The summed E-state index contributed by atoms with van der Waals surface area (Å²) in [5.41, 5.74) is 3.50. The van der Waals surface area contributed by atoms with Gasteiger partial charge in [-0.25, -0.2) is 9.18 Å². The summed E-state index contributed by atoms with van der Waals surface area (Å²) in [5.74, 6) is 0.503. The summed E-state index contributed by atoms with van der Waals surface area (Å²) in [6.45, 7) is 9.70. The van der Waals surface area contributed by atoms with E-state index in [4.69, 9.17) is 9.47 Å². The molecule has 4 rings (SSSR count). The highest BCUT2D eigenvalue weighted by atomic mass is 19.4. The number of alkyl halides is 3. The predicted molar refractivity (Wildman–Crippen MR) is 139 cm³/mol.